The number of ether oxygens (including phenoxy) is 1. The van der Waals surface area contributed by atoms with Gasteiger partial charge in [0.2, 0.25) is 0 Å². The van der Waals surface area contributed by atoms with E-state index in [1.165, 1.54) is 6.42 Å². The molecule has 2 rings (SSSR count). The van der Waals surface area contributed by atoms with Crippen LogP contribution in [0.2, 0.25) is 0 Å². The van der Waals surface area contributed by atoms with Crippen LogP contribution in [0, 0.1) is 11.8 Å². The van der Waals surface area contributed by atoms with Crippen LogP contribution in [0.5, 0.6) is 0 Å². The molecule has 0 aliphatic heterocycles. The first kappa shape index (κ1) is 13.5. The Labute approximate surface area is 109 Å². The van der Waals surface area contributed by atoms with Crippen LogP contribution in [0.4, 0.5) is 0 Å². The van der Waals surface area contributed by atoms with Crippen molar-refractivity contribution in [1.29, 1.82) is 0 Å². The summed E-state index contributed by atoms with van der Waals surface area (Å²) < 4.78 is 5.49. The van der Waals surface area contributed by atoms with Crippen molar-refractivity contribution in [2.45, 2.75) is 26.1 Å². The summed E-state index contributed by atoms with van der Waals surface area (Å²) in [5.41, 5.74) is 1.14. The molecule has 0 amide bonds. The fourth-order valence-corrected chi connectivity index (χ4v) is 2.06. The quantitative estimate of drug-likeness (QED) is 0.738. The zero-order valence-corrected chi connectivity index (χ0v) is 11.0. The van der Waals surface area contributed by atoms with Crippen molar-refractivity contribution < 1.29 is 9.84 Å². The lowest BCUT2D eigenvalue weighted by Crippen LogP contribution is -2.31. The SMILES string of the molecule is CC1CC1CNCC(O)COCc1ccccc1. The van der Waals surface area contributed by atoms with Crippen LogP contribution in [0.1, 0.15) is 18.9 Å². The third kappa shape index (κ3) is 4.77. The molecular weight excluding hydrogens is 226 g/mol. The summed E-state index contributed by atoms with van der Waals surface area (Å²) in [6, 6.07) is 10.0. The number of benzene rings is 1. The Kier molecular flexibility index (Phi) is 5.17. The molecule has 18 heavy (non-hydrogen) atoms. The average Bonchev–Trinajstić information content (AvgIpc) is 3.07. The summed E-state index contributed by atoms with van der Waals surface area (Å²) in [5.74, 6) is 1.69. The van der Waals surface area contributed by atoms with Crippen molar-refractivity contribution in [2.75, 3.05) is 19.7 Å². The van der Waals surface area contributed by atoms with Crippen molar-refractivity contribution in [3.8, 4) is 0 Å². The summed E-state index contributed by atoms with van der Waals surface area (Å²) in [6.07, 6.45) is 0.913. The Balaban J connectivity index is 1.50. The van der Waals surface area contributed by atoms with Gasteiger partial charge in [0.1, 0.15) is 0 Å². The summed E-state index contributed by atoms with van der Waals surface area (Å²) in [5, 5.41) is 13.0. The molecule has 100 valence electrons. The Bertz CT molecular complexity index is 342. The van der Waals surface area contributed by atoms with Gasteiger partial charge in [-0.3, -0.25) is 0 Å². The topological polar surface area (TPSA) is 41.5 Å². The molecule has 1 aliphatic carbocycles. The highest BCUT2D eigenvalue weighted by Crippen LogP contribution is 2.36. The largest absolute Gasteiger partial charge is 0.389 e. The molecule has 0 saturated heterocycles. The first-order valence-electron chi connectivity index (χ1n) is 6.76. The van der Waals surface area contributed by atoms with Gasteiger partial charge in [0, 0.05) is 6.54 Å². The lowest BCUT2D eigenvalue weighted by atomic mass is 10.2. The molecule has 0 spiro atoms. The van der Waals surface area contributed by atoms with Crippen LogP contribution in [0.25, 0.3) is 0 Å². The van der Waals surface area contributed by atoms with Gasteiger partial charge in [0.25, 0.3) is 0 Å². The number of hydrogen-bond donors (Lipinski definition) is 2. The van der Waals surface area contributed by atoms with Gasteiger partial charge in [-0.25, -0.2) is 0 Å². The van der Waals surface area contributed by atoms with Crippen molar-refractivity contribution in [3.05, 3.63) is 35.9 Å². The lowest BCUT2D eigenvalue weighted by molar-refractivity contribution is 0.0288. The first-order valence-corrected chi connectivity index (χ1v) is 6.76. The second-order valence-electron chi connectivity index (χ2n) is 5.29. The number of rotatable bonds is 8. The molecule has 3 heteroatoms. The number of aliphatic hydroxyl groups is 1. The second-order valence-corrected chi connectivity index (χ2v) is 5.29. The predicted octanol–water partition coefficient (Wildman–Crippen LogP) is 1.81. The molecule has 1 aromatic carbocycles. The summed E-state index contributed by atoms with van der Waals surface area (Å²) in [7, 11) is 0. The van der Waals surface area contributed by atoms with Crippen LogP contribution < -0.4 is 5.32 Å². The third-order valence-electron chi connectivity index (χ3n) is 3.48. The van der Waals surface area contributed by atoms with E-state index in [4.69, 9.17) is 4.74 Å². The van der Waals surface area contributed by atoms with Gasteiger partial charge >= 0.3 is 0 Å². The van der Waals surface area contributed by atoms with Crippen molar-refractivity contribution in [3.63, 3.8) is 0 Å². The van der Waals surface area contributed by atoms with E-state index < -0.39 is 6.10 Å². The summed E-state index contributed by atoms with van der Waals surface area (Å²) in [6.45, 7) is 4.88. The molecule has 1 aromatic rings. The van der Waals surface area contributed by atoms with E-state index in [0.717, 1.165) is 23.9 Å². The predicted molar refractivity (Wildman–Crippen MR) is 72.2 cm³/mol. The third-order valence-corrected chi connectivity index (χ3v) is 3.48. The Morgan fingerprint density at radius 2 is 2.11 bits per heavy atom. The molecule has 3 unspecified atom stereocenters. The van der Waals surface area contributed by atoms with Crippen molar-refractivity contribution in [2.24, 2.45) is 11.8 Å². The molecule has 1 saturated carbocycles. The van der Waals surface area contributed by atoms with Gasteiger partial charge in [0.05, 0.1) is 19.3 Å². The van der Waals surface area contributed by atoms with Crippen LogP contribution >= 0.6 is 0 Å². The van der Waals surface area contributed by atoms with E-state index in [2.05, 4.69) is 12.2 Å². The summed E-state index contributed by atoms with van der Waals surface area (Å²) >= 11 is 0. The molecular formula is C15H23NO2. The van der Waals surface area contributed by atoms with Crippen molar-refractivity contribution in [1.82, 2.24) is 5.32 Å². The minimum atomic E-state index is -0.414. The second kappa shape index (κ2) is 6.88. The van der Waals surface area contributed by atoms with Crippen LogP contribution in [0.15, 0.2) is 30.3 Å². The minimum Gasteiger partial charge on any atom is -0.389 e. The molecule has 0 aromatic heterocycles. The number of hydrogen-bond acceptors (Lipinski definition) is 3. The average molecular weight is 249 g/mol. The van der Waals surface area contributed by atoms with Crippen LogP contribution in [-0.4, -0.2) is 30.9 Å². The minimum absolute atomic E-state index is 0.391. The fraction of sp³-hybridized carbons (Fsp3) is 0.600. The molecule has 3 atom stereocenters. The van der Waals surface area contributed by atoms with E-state index in [0.29, 0.717) is 19.8 Å². The number of aliphatic hydroxyl groups excluding tert-OH is 1. The standard InChI is InChI=1S/C15H23NO2/c1-12-7-14(12)8-16-9-15(17)11-18-10-13-5-3-2-4-6-13/h2-6,12,14-17H,7-11H2,1H3. The van der Waals surface area contributed by atoms with Crippen LogP contribution in [0.3, 0.4) is 0 Å². The van der Waals surface area contributed by atoms with Gasteiger partial charge in [0.15, 0.2) is 0 Å². The Morgan fingerprint density at radius 1 is 1.39 bits per heavy atom. The normalized spacial score (nSPS) is 23.9. The molecule has 0 radical (unpaired) electrons. The first-order chi connectivity index (χ1) is 8.75. The van der Waals surface area contributed by atoms with Gasteiger partial charge in [-0.2, -0.15) is 0 Å². The molecule has 0 bridgehead atoms. The maximum Gasteiger partial charge on any atom is 0.0897 e. The van der Waals surface area contributed by atoms with Gasteiger partial charge in [-0.1, -0.05) is 37.3 Å². The molecule has 0 heterocycles. The van der Waals surface area contributed by atoms with E-state index in [-0.39, 0.29) is 0 Å². The van der Waals surface area contributed by atoms with E-state index in [1.54, 1.807) is 0 Å². The Morgan fingerprint density at radius 3 is 2.78 bits per heavy atom. The molecule has 1 fully saturated rings. The van der Waals surface area contributed by atoms with Gasteiger partial charge < -0.3 is 15.2 Å². The molecule has 3 nitrogen and oxygen atoms in total. The van der Waals surface area contributed by atoms with E-state index >= 15 is 0 Å². The van der Waals surface area contributed by atoms with Crippen molar-refractivity contribution >= 4 is 0 Å². The summed E-state index contributed by atoms with van der Waals surface area (Å²) in [4.78, 5) is 0. The smallest absolute Gasteiger partial charge is 0.0897 e. The Hall–Kier alpha value is -0.900. The van der Waals surface area contributed by atoms with Crippen LogP contribution in [-0.2, 0) is 11.3 Å². The van der Waals surface area contributed by atoms with Gasteiger partial charge in [-0.15, -0.1) is 0 Å². The highest BCUT2D eigenvalue weighted by Gasteiger charge is 2.31. The van der Waals surface area contributed by atoms with E-state index in [1.807, 2.05) is 30.3 Å². The maximum atomic E-state index is 9.74. The monoisotopic (exact) mass is 249 g/mol. The highest BCUT2D eigenvalue weighted by atomic mass is 16.5. The lowest BCUT2D eigenvalue weighted by Gasteiger charge is -2.12. The zero-order chi connectivity index (χ0) is 12.8. The number of nitrogens with one attached hydrogen (secondary N) is 1. The highest BCUT2D eigenvalue weighted by molar-refractivity contribution is 5.13. The zero-order valence-electron chi connectivity index (χ0n) is 11.0. The van der Waals surface area contributed by atoms with Gasteiger partial charge in [-0.05, 0) is 30.4 Å². The molecule has 2 N–H and O–H groups in total. The fourth-order valence-electron chi connectivity index (χ4n) is 2.06. The maximum absolute atomic E-state index is 9.74. The van der Waals surface area contributed by atoms with E-state index in [9.17, 15) is 5.11 Å². The molecule has 1 aliphatic rings.